The smallest absolute Gasteiger partial charge is 0.214 e. The largest absolute Gasteiger partial charge is 0.394 e. The lowest BCUT2D eigenvalue weighted by Gasteiger charge is -2.33. The van der Waals surface area contributed by atoms with Gasteiger partial charge in [-0.15, -0.1) is 6.58 Å². The van der Waals surface area contributed by atoms with Gasteiger partial charge in [-0.2, -0.15) is 0 Å². The molecular weight excluding hydrogens is 216 g/mol. The van der Waals surface area contributed by atoms with Gasteiger partial charge in [0.15, 0.2) is 0 Å². The first-order chi connectivity index (χ1) is 7.45. The molecule has 0 saturated carbocycles. The van der Waals surface area contributed by atoms with Crippen molar-refractivity contribution < 1.29 is 30.3 Å². The van der Waals surface area contributed by atoms with Crippen molar-refractivity contribution in [2.24, 2.45) is 0 Å². The van der Waals surface area contributed by atoms with E-state index in [4.69, 9.17) is 14.9 Å². The van der Waals surface area contributed by atoms with Gasteiger partial charge in [0, 0.05) is 0 Å². The summed E-state index contributed by atoms with van der Waals surface area (Å²) in [5.41, 5.74) is 0. The van der Waals surface area contributed by atoms with Crippen LogP contribution in [-0.2, 0) is 4.74 Å². The molecule has 4 atom stereocenters. The SMILES string of the molecule is C=CC(OC(O)(C=C)C(O)CO)C(O)CO. The van der Waals surface area contributed by atoms with Crippen LogP contribution in [0, 0.1) is 0 Å². The van der Waals surface area contributed by atoms with Crippen LogP contribution in [0.4, 0.5) is 0 Å². The summed E-state index contributed by atoms with van der Waals surface area (Å²) >= 11 is 0. The third-order valence-electron chi connectivity index (χ3n) is 2.07. The van der Waals surface area contributed by atoms with Gasteiger partial charge >= 0.3 is 0 Å². The minimum Gasteiger partial charge on any atom is -0.394 e. The highest BCUT2D eigenvalue weighted by molar-refractivity contribution is 4.97. The lowest BCUT2D eigenvalue weighted by atomic mass is 10.1. The van der Waals surface area contributed by atoms with Gasteiger partial charge in [-0.3, -0.25) is 0 Å². The van der Waals surface area contributed by atoms with Crippen LogP contribution in [-0.4, -0.2) is 62.8 Å². The van der Waals surface area contributed by atoms with Gasteiger partial charge in [-0.1, -0.05) is 12.7 Å². The zero-order valence-electron chi connectivity index (χ0n) is 8.86. The zero-order valence-corrected chi connectivity index (χ0v) is 8.86. The maximum absolute atomic E-state index is 9.74. The predicted molar refractivity (Wildman–Crippen MR) is 56.4 cm³/mol. The molecule has 16 heavy (non-hydrogen) atoms. The standard InChI is InChI=1S/C10H18O6/c1-3-8(7(13)5-11)16-10(15,4-2)9(14)6-12/h3-4,7-9,11-15H,1-2,5-6H2. The van der Waals surface area contributed by atoms with Crippen molar-refractivity contribution in [2.75, 3.05) is 13.2 Å². The van der Waals surface area contributed by atoms with Crippen LogP contribution in [0.25, 0.3) is 0 Å². The molecule has 0 aromatic heterocycles. The Balaban J connectivity index is 4.73. The first-order valence-corrected chi connectivity index (χ1v) is 4.69. The molecule has 0 bridgehead atoms. The number of ether oxygens (including phenoxy) is 1. The second-order valence-corrected chi connectivity index (χ2v) is 3.22. The van der Waals surface area contributed by atoms with Crippen molar-refractivity contribution in [2.45, 2.75) is 24.1 Å². The third-order valence-corrected chi connectivity index (χ3v) is 2.07. The summed E-state index contributed by atoms with van der Waals surface area (Å²) in [4.78, 5) is 0. The lowest BCUT2D eigenvalue weighted by molar-refractivity contribution is -0.257. The normalized spacial score (nSPS) is 20.6. The summed E-state index contributed by atoms with van der Waals surface area (Å²) in [6, 6.07) is 0. The van der Waals surface area contributed by atoms with Gasteiger partial charge in [0.1, 0.15) is 18.3 Å². The molecule has 6 nitrogen and oxygen atoms in total. The molecule has 94 valence electrons. The molecule has 4 unspecified atom stereocenters. The molecule has 6 heteroatoms. The van der Waals surface area contributed by atoms with Gasteiger partial charge < -0.3 is 30.3 Å². The maximum Gasteiger partial charge on any atom is 0.214 e. The summed E-state index contributed by atoms with van der Waals surface area (Å²) in [5, 5.41) is 45.8. The van der Waals surface area contributed by atoms with Crippen molar-refractivity contribution in [3.8, 4) is 0 Å². The zero-order chi connectivity index (χ0) is 12.8. The van der Waals surface area contributed by atoms with Gasteiger partial charge in [0.05, 0.1) is 13.2 Å². The fourth-order valence-corrected chi connectivity index (χ4v) is 0.999. The number of hydrogen-bond acceptors (Lipinski definition) is 6. The van der Waals surface area contributed by atoms with Crippen LogP contribution in [0.15, 0.2) is 25.3 Å². The number of rotatable bonds is 8. The van der Waals surface area contributed by atoms with E-state index in [1.54, 1.807) is 0 Å². The van der Waals surface area contributed by atoms with Crippen molar-refractivity contribution in [3.63, 3.8) is 0 Å². The monoisotopic (exact) mass is 234 g/mol. The Morgan fingerprint density at radius 2 is 1.75 bits per heavy atom. The van der Waals surface area contributed by atoms with E-state index < -0.39 is 37.3 Å². The number of hydrogen-bond donors (Lipinski definition) is 5. The summed E-state index contributed by atoms with van der Waals surface area (Å²) in [6.45, 7) is 5.25. The molecule has 0 aliphatic heterocycles. The molecule has 0 rings (SSSR count). The van der Waals surface area contributed by atoms with Gasteiger partial charge in [0.2, 0.25) is 5.79 Å². The van der Waals surface area contributed by atoms with E-state index in [9.17, 15) is 15.3 Å². The highest BCUT2D eigenvalue weighted by Gasteiger charge is 2.37. The molecule has 0 heterocycles. The first kappa shape index (κ1) is 15.2. The fourth-order valence-electron chi connectivity index (χ4n) is 0.999. The minimum atomic E-state index is -2.22. The van der Waals surface area contributed by atoms with E-state index >= 15 is 0 Å². The molecule has 0 aliphatic rings. The van der Waals surface area contributed by atoms with Gasteiger partial charge in [-0.25, -0.2) is 0 Å². The van der Waals surface area contributed by atoms with Crippen LogP contribution in [0.2, 0.25) is 0 Å². The average Bonchev–Trinajstić information content (AvgIpc) is 2.33. The number of aliphatic hydroxyl groups is 5. The summed E-state index contributed by atoms with van der Waals surface area (Å²) in [7, 11) is 0. The highest BCUT2D eigenvalue weighted by Crippen LogP contribution is 2.18. The molecule has 0 saturated heterocycles. The lowest BCUT2D eigenvalue weighted by Crippen LogP contribution is -2.49. The molecule has 0 spiro atoms. The molecule has 0 aromatic rings. The summed E-state index contributed by atoms with van der Waals surface area (Å²) < 4.78 is 4.94. The Morgan fingerprint density at radius 1 is 1.19 bits per heavy atom. The topological polar surface area (TPSA) is 110 Å². The third kappa shape index (κ3) is 3.67. The average molecular weight is 234 g/mol. The Hall–Kier alpha value is -0.760. The van der Waals surface area contributed by atoms with E-state index in [2.05, 4.69) is 13.2 Å². The van der Waals surface area contributed by atoms with Crippen molar-refractivity contribution in [1.29, 1.82) is 0 Å². The van der Waals surface area contributed by atoms with E-state index in [-0.39, 0.29) is 0 Å². The van der Waals surface area contributed by atoms with Gasteiger partial charge in [0.25, 0.3) is 0 Å². The van der Waals surface area contributed by atoms with Crippen molar-refractivity contribution in [1.82, 2.24) is 0 Å². The Kier molecular flexibility index (Phi) is 6.42. The van der Waals surface area contributed by atoms with E-state index in [0.717, 1.165) is 12.2 Å². The van der Waals surface area contributed by atoms with E-state index in [1.807, 2.05) is 0 Å². The van der Waals surface area contributed by atoms with Crippen molar-refractivity contribution in [3.05, 3.63) is 25.3 Å². The molecule has 0 aromatic carbocycles. The maximum atomic E-state index is 9.74. The highest BCUT2D eigenvalue weighted by atomic mass is 16.6. The Labute approximate surface area is 93.7 Å². The Morgan fingerprint density at radius 3 is 2.06 bits per heavy atom. The first-order valence-electron chi connectivity index (χ1n) is 4.69. The second kappa shape index (κ2) is 6.74. The van der Waals surface area contributed by atoms with Crippen LogP contribution in [0.1, 0.15) is 0 Å². The van der Waals surface area contributed by atoms with E-state index in [1.165, 1.54) is 0 Å². The molecule has 0 aliphatic carbocycles. The van der Waals surface area contributed by atoms with Crippen LogP contribution >= 0.6 is 0 Å². The van der Waals surface area contributed by atoms with Gasteiger partial charge in [-0.05, 0) is 6.08 Å². The second-order valence-electron chi connectivity index (χ2n) is 3.22. The summed E-state index contributed by atoms with van der Waals surface area (Å²) in [5.74, 6) is -2.22. The van der Waals surface area contributed by atoms with Crippen LogP contribution in [0.5, 0.6) is 0 Å². The van der Waals surface area contributed by atoms with Crippen molar-refractivity contribution >= 4 is 0 Å². The molecule has 5 N–H and O–H groups in total. The predicted octanol–water partition coefficient (Wildman–Crippen LogP) is -1.86. The van der Waals surface area contributed by atoms with Crippen LogP contribution < -0.4 is 0 Å². The quantitative estimate of drug-likeness (QED) is 0.249. The van der Waals surface area contributed by atoms with Crippen LogP contribution in [0.3, 0.4) is 0 Å². The Bertz CT molecular complexity index is 231. The molecule has 0 amide bonds. The molecule has 0 fully saturated rings. The fraction of sp³-hybridized carbons (Fsp3) is 0.600. The molecular formula is C10H18O6. The molecule has 0 radical (unpaired) electrons. The summed E-state index contributed by atoms with van der Waals surface area (Å²) in [6.07, 6.45) is -1.98. The minimum absolute atomic E-state index is 0.598. The van der Waals surface area contributed by atoms with E-state index in [0.29, 0.717) is 0 Å². The number of aliphatic hydroxyl groups excluding tert-OH is 4.